The first-order valence-electron chi connectivity index (χ1n) is 12.2. The van der Waals surface area contributed by atoms with E-state index < -0.39 is 0 Å². The summed E-state index contributed by atoms with van der Waals surface area (Å²) in [4.78, 5) is 34.7. The van der Waals surface area contributed by atoms with Crippen molar-refractivity contribution in [3.63, 3.8) is 0 Å². The van der Waals surface area contributed by atoms with Gasteiger partial charge in [0, 0.05) is 74.0 Å². The summed E-state index contributed by atoms with van der Waals surface area (Å²) in [7, 11) is 4.14. The molecule has 5 heterocycles. The van der Waals surface area contributed by atoms with E-state index in [1.807, 2.05) is 36.1 Å². The number of aromatic nitrogens is 4. The first-order valence-corrected chi connectivity index (χ1v) is 12.2. The molecule has 3 aromatic heterocycles. The molecule has 1 N–H and O–H groups in total. The van der Waals surface area contributed by atoms with Crippen molar-refractivity contribution in [2.45, 2.75) is 0 Å². The molecule has 8 heteroatoms. The quantitative estimate of drug-likeness (QED) is 0.425. The highest BCUT2D eigenvalue weighted by molar-refractivity contribution is 6.20. The summed E-state index contributed by atoms with van der Waals surface area (Å²) in [5.74, 6) is 0.445. The molecule has 5 aromatic rings. The molecule has 2 aliphatic rings. The predicted octanol–water partition coefficient (Wildman–Crippen LogP) is 4.11. The number of rotatable bonds is 3. The summed E-state index contributed by atoms with van der Waals surface area (Å²) in [6.07, 6.45) is 5.49. The Morgan fingerprint density at radius 3 is 2.61 bits per heavy atom. The maximum atomic E-state index is 12.9. The molecule has 178 valence electrons. The second-order valence-electron chi connectivity index (χ2n) is 9.61. The van der Waals surface area contributed by atoms with Crippen molar-refractivity contribution in [1.29, 1.82) is 0 Å². The number of aliphatic imine (C=N–C) groups is 1. The number of amides is 1. The molecule has 36 heavy (non-hydrogen) atoms. The van der Waals surface area contributed by atoms with Crippen LogP contribution in [0.15, 0.2) is 59.9 Å². The van der Waals surface area contributed by atoms with E-state index in [0.29, 0.717) is 11.4 Å². The second kappa shape index (κ2) is 7.86. The van der Waals surface area contributed by atoms with Crippen LogP contribution in [-0.2, 0) is 7.05 Å². The third-order valence-corrected chi connectivity index (χ3v) is 7.42. The van der Waals surface area contributed by atoms with Crippen LogP contribution < -0.4 is 4.90 Å². The van der Waals surface area contributed by atoms with Gasteiger partial charge in [-0.3, -0.25) is 4.79 Å². The van der Waals surface area contributed by atoms with Crippen molar-refractivity contribution in [2.24, 2.45) is 12.0 Å². The molecule has 1 saturated heterocycles. The summed E-state index contributed by atoms with van der Waals surface area (Å²) in [6.45, 7) is 4.11. The highest BCUT2D eigenvalue weighted by atomic mass is 16.1. The molecular formula is C28H25N7O. The minimum Gasteiger partial charge on any atom is -0.369 e. The van der Waals surface area contributed by atoms with E-state index in [1.165, 1.54) is 5.69 Å². The molecule has 0 atom stereocenters. The third kappa shape index (κ3) is 3.18. The first-order chi connectivity index (χ1) is 17.6. The fourth-order valence-corrected chi connectivity index (χ4v) is 5.39. The maximum Gasteiger partial charge on any atom is 0.278 e. The lowest BCUT2D eigenvalue weighted by Gasteiger charge is -2.34. The first kappa shape index (κ1) is 21.0. The molecule has 0 radical (unpaired) electrons. The van der Waals surface area contributed by atoms with Crippen molar-refractivity contribution in [3.8, 4) is 22.5 Å². The van der Waals surface area contributed by atoms with Crippen LogP contribution in [0.4, 0.5) is 5.69 Å². The number of carbonyl (C=O) groups is 1. The van der Waals surface area contributed by atoms with E-state index in [2.05, 4.69) is 62.1 Å². The summed E-state index contributed by atoms with van der Waals surface area (Å²) in [5.41, 5.74) is 8.11. The standard InChI is InChI=1S/C28H25N7O/c1-33-11-13-35(14-12-33)17-3-6-23-24(15-17)32-26(31-23)21-5-4-18(22-16-30-28(36)25(21)22)19-7-9-29-27-20(19)8-10-34(27)2/h3-10,15-16H,11-14H2,1-2H3,(H,31,32). The predicted molar refractivity (Wildman–Crippen MR) is 143 cm³/mol. The lowest BCUT2D eigenvalue weighted by Crippen LogP contribution is -2.44. The number of piperazine rings is 1. The Morgan fingerprint density at radius 2 is 1.75 bits per heavy atom. The molecule has 2 aliphatic heterocycles. The monoisotopic (exact) mass is 475 g/mol. The number of likely N-dealkylation sites (N-methyl/N-ethyl adjacent to an activating group) is 1. The Balaban J connectivity index is 1.32. The van der Waals surface area contributed by atoms with Crippen molar-refractivity contribution >= 4 is 39.9 Å². The molecule has 7 rings (SSSR count). The highest BCUT2D eigenvalue weighted by Gasteiger charge is 2.26. The zero-order valence-corrected chi connectivity index (χ0v) is 20.2. The van der Waals surface area contributed by atoms with Crippen molar-refractivity contribution in [3.05, 3.63) is 66.0 Å². The Hall–Kier alpha value is -4.30. The number of carbonyl (C=O) groups excluding carboxylic acids is 1. The molecule has 1 fully saturated rings. The van der Waals surface area contributed by atoms with Gasteiger partial charge >= 0.3 is 0 Å². The van der Waals surface area contributed by atoms with Crippen LogP contribution in [-0.4, -0.2) is 69.8 Å². The summed E-state index contributed by atoms with van der Waals surface area (Å²) in [6, 6.07) is 14.5. The van der Waals surface area contributed by atoms with E-state index in [0.717, 1.165) is 70.5 Å². The molecule has 0 bridgehead atoms. The third-order valence-electron chi connectivity index (χ3n) is 7.42. The smallest absolute Gasteiger partial charge is 0.278 e. The van der Waals surface area contributed by atoms with Crippen LogP contribution in [0, 0.1) is 0 Å². The average Bonchev–Trinajstić information content (AvgIpc) is 3.61. The van der Waals surface area contributed by atoms with Crippen molar-refractivity contribution in [2.75, 3.05) is 38.1 Å². The van der Waals surface area contributed by atoms with E-state index in [9.17, 15) is 4.79 Å². The number of hydrogen-bond donors (Lipinski definition) is 1. The fraction of sp³-hybridized carbons (Fsp3) is 0.214. The largest absolute Gasteiger partial charge is 0.369 e. The molecule has 1 amide bonds. The lowest BCUT2D eigenvalue weighted by molar-refractivity contribution is 0.101. The average molecular weight is 476 g/mol. The van der Waals surface area contributed by atoms with Gasteiger partial charge in [0.25, 0.3) is 5.91 Å². The maximum absolute atomic E-state index is 12.9. The van der Waals surface area contributed by atoms with Gasteiger partial charge in [0.1, 0.15) is 11.5 Å². The van der Waals surface area contributed by atoms with Crippen LogP contribution in [0.25, 0.3) is 44.6 Å². The van der Waals surface area contributed by atoms with Gasteiger partial charge < -0.3 is 19.4 Å². The zero-order chi connectivity index (χ0) is 24.4. The number of aryl methyl sites for hydroxylation is 1. The van der Waals surface area contributed by atoms with E-state index in [-0.39, 0.29) is 5.91 Å². The number of nitrogens with one attached hydrogen (secondary N) is 1. The van der Waals surface area contributed by atoms with Gasteiger partial charge in [0.2, 0.25) is 0 Å². The topological polar surface area (TPSA) is 82.4 Å². The molecule has 8 nitrogen and oxygen atoms in total. The summed E-state index contributed by atoms with van der Waals surface area (Å²) < 4.78 is 2.00. The van der Waals surface area contributed by atoms with Gasteiger partial charge in [-0.2, -0.15) is 0 Å². The van der Waals surface area contributed by atoms with Crippen LogP contribution in [0.5, 0.6) is 0 Å². The SMILES string of the molecule is CN1CCN(c2ccc3[nH]c(-c4ccc(-c5ccnc6c5ccn6C)c5c4C(=O)N=C5)nc3c2)CC1. The van der Waals surface area contributed by atoms with E-state index in [1.54, 1.807) is 6.21 Å². The Kier molecular flexibility index (Phi) is 4.59. The second-order valence-corrected chi connectivity index (χ2v) is 9.61. The molecule has 0 unspecified atom stereocenters. The number of nitrogens with zero attached hydrogens (tertiary/aromatic N) is 6. The Bertz CT molecular complexity index is 1700. The number of benzene rings is 2. The van der Waals surface area contributed by atoms with Crippen LogP contribution in [0.1, 0.15) is 15.9 Å². The van der Waals surface area contributed by atoms with Crippen molar-refractivity contribution < 1.29 is 4.79 Å². The number of H-pyrrole nitrogens is 1. The van der Waals surface area contributed by atoms with Gasteiger partial charge in [-0.15, -0.1) is 0 Å². The minimum absolute atomic E-state index is 0.237. The highest BCUT2D eigenvalue weighted by Crippen LogP contribution is 2.38. The van der Waals surface area contributed by atoms with Crippen molar-refractivity contribution in [1.82, 2.24) is 24.4 Å². The summed E-state index contributed by atoms with van der Waals surface area (Å²) >= 11 is 0. The summed E-state index contributed by atoms with van der Waals surface area (Å²) in [5, 5.41) is 1.04. The van der Waals surface area contributed by atoms with Gasteiger partial charge in [0.05, 0.1) is 16.6 Å². The molecular weight excluding hydrogens is 450 g/mol. The Morgan fingerprint density at radius 1 is 0.917 bits per heavy atom. The van der Waals surface area contributed by atoms with Gasteiger partial charge in [-0.05, 0) is 54.6 Å². The minimum atomic E-state index is -0.237. The Labute approximate surface area is 207 Å². The van der Waals surface area contributed by atoms with Gasteiger partial charge in [0.15, 0.2) is 0 Å². The van der Waals surface area contributed by atoms with Gasteiger partial charge in [-0.1, -0.05) is 6.07 Å². The number of anilines is 1. The zero-order valence-electron chi connectivity index (χ0n) is 20.2. The number of hydrogen-bond acceptors (Lipinski definition) is 5. The molecule has 0 spiro atoms. The molecule has 0 aliphatic carbocycles. The van der Waals surface area contributed by atoms with Crippen LogP contribution in [0.3, 0.4) is 0 Å². The number of imidazole rings is 1. The van der Waals surface area contributed by atoms with Crippen LogP contribution in [0.2, 0.25) is 0 Å². The lowest BCUT2D eigenvalue weighted by atomic mass is 9.92. The number of aromatic amines is 1. The molecule has 2 aromatic carbocycles. The normalized spacial score (nSPS) is 15.9. The van der Waals surface area contributed by atoms with Gasteiger partial charge in [-0.25, -0.2) is 15.0 Å². The fourth-order valence-electron chi connectivity index (χ4n) is 5.39. The van der Waals surface area contributed by atoms with E-state index >= 15 is 0 Å². The number of fused-ring (bicyclic) bond motifs is 3. The molecule has 0 saturated carbocycles. The number of pyridine rings is 1. The van der Waals surface area contributed by atoms with Crippen LogP contribution >= 0.6 is 0 Å². The van der Waals surface area contributed by atoms with E-state index in [4.69, 9.17) is 4.98 Å².